The van der Waals surface area contributed by atoms with E-state index < -0.39 is 6.04 Å². The molecule has 140 valence electrons. The molecule has 0 unspecified atom stereocenters. The van der Waals surface area contributed by atoms with Gasteiger partial charge in [-0.15, -0.1) is 0 Å². The third-order valence-electron chi connectivity index (χ3n) is 4.60. The Balaban J connectivity index is 1.33. The van der Waals surface area contributed by atoms with Gasteiger partial charge < -0.3 is 15.2 Å². The first kappa shape index (κ1) is 17.4. The number of aryl methyl sites for hydroxylation is 1. The van der Waals surface area contributed by atoms with Crippen molar-refractivity contribution in [2.24, 2.45) is 0 Å². The van der Waals surface area contributed by atoms with Gasteiger partial charge in [-0.25, -0.2) is 9.97 Å². The second-order valence-electron chi connectivity index (χ2n) is 6.97. The van der Waals surface area contributed by atoms with E-state index >= 15 is 0 Å². The van der Waals surface area contributed by atoms with Gasteiger partial charge in [-0.1, -0.05) is 16.8 Å². The molecule has 27 heavy (non-hydrogen) atoms. The van der Waals surface area contributed by atoms with Crippen LogP contribution in [0.15, 0.2) is 29.0 Å². The molecule has 1 amide bonds. The van der Waals surface area contributed by atoms with Crippen molar-refractivity contribution >= 4 is 22.6 Å². The largest absolute Gasteiger partial charge is 0.358 e. The van der Waals surface area contributed by atoms with E-state index in [1.807, 2.05) is 25.1 Å². The number of amides is 1. The number of carbonyl (C=O) groups excluding carboxylic acids is 1. The topological polar surface area (TPSA) is 106 Å². The van der Waals surface area contributed by atoms with Crippen LogP contribution in [-0.4, -0.2) is 38.6 Å². The second-order valence-corrected chi connectivity index (χ2v) is 6.97. The molecule has 0 radical (unpaired) electrons. The lowest BCUT2D eigenvalue weighted by atomic mass is 10.1. The fourth-order valence-electron chi connectivity index (χ4n) is 2.87. The lowest BCUT2D eigenvalue weighted by Crippen LogP contribution is -2.38. The van der Waals surface area contributed by atoms with Crippen molar-refractivity contribution in [1.82, 2.24) is 25.4 Å². The molecule has 2 N–H and O–H groups in total. The van der Waals surface area contributed by atoms with E-state index in [9.17, 15) is 4.79 Å². The number of nitrogens with zero attached hydrogens (tertiary/aromatic N) is 4. The number of anilines is 1. The van der Waals surface area contributed by atoms with Crippen molar-refractivity contribution in [3.05, 3.63) is 41.8 Å². The summed E-state index contributed by atoms with van der Waals surface area (Å²) >= 11 is 0. The summed E-state index contributed by atoms with van der Waals surface area (Å²) in [6.45, 7) is 4.27. The molecule has 1 atom stereocenters. The van der Waals surface area contributed by atoms with E-state index in [4.69, 9.17) is 4.52 Å². The summed E-state index contributed by atoms with van der Waals surface area (Å²) < 4.78 is 5.22. The Morgan fingerprint density at radius 2 is 2.19 bits per heavy atom. The molecule has 2 aromatic heterocycles. The molecule has 0 saturated heterocycles. The summed E-state index contributed by atoms with van der Waals surface area (Å²) in [6.07, 6.45) is 4.29. The molecule has 8 heteroatoms. The van der Waals surface area contributed by atoms with Gasteiger partial charge in [-0.2, -0.15) is 4.98 Å². The van der Waals surface area contributed by atoms with Gasteiger partial charge in [0.05, 0.1) is 5.52 Å². The van der Waals surface area contributed by atoms with Crippen LogP contribution in [0.2, 0.25) is 0 Å². The average molecular weight is 366 g/mol. The third kappa shape index (κ3) is 4.05. The van der Waals surface area contributed by atoms with E-state index in [1.165, 1.54) is 6.33 Å². The summed E-state index contributed by atoms with van der Waals surface area (Å²) in [5, 5.41) is 10.9. The highest BCUT2D eigenvalue weighted by Gasteiger charge is 2.29. The number of aromatic nitrogens is 4. The quantitative estimate of drug-likeness (QED) is 0.661. The Labute approximate surface area is 156 Å². The lowest BCUT2D eigenvalue weighted by molar-refractivity contribution is -0.121. The first-order chi connectivity index (χ1) is 13.1. The number of rotatable bonds is 7. The minimum absolute atomic E-state index is 0.111. The molecule has 1 aliphatic rings. The predicted molar refractivity (Wildman–Crippen MR) is 100 cm³/mol. The molecule has 1 saturated carbocycles. The third-order valence-corrected chi connectivity index (χ3v) is 4.60. The molecule has 1 aromatic carbocycles. The number of nitrogens with one attached hydrogen (secondary N) is 2. The number of carbonyl (C=O) groups is 1. The minimum Gasteiger partial charge on any atom is -0.358 e. The fraction of sp³-hybridized carbons (Fsp3) is 0.421. The van der Waals surface area contributed by atoms with Gasteiger partial charge in [0.2, 0.25) is 11.8 Å². The van der Waals surface area contributed by atoms with Crippen LogP contribution in [0.4, 0.5) is 5.82 Å². The Hall–Kier alpha value is -3.03. The van der Waals surface area contributed by atoms with E-state index in [1.54, 1.807) is 6.92 Å². The summed E-state index contributed by atoms with van der Waals surface area (Å²) in [5.74, 6) is 2.34. The number of benzene rings is 1. The molecule has 1 aliphatic carbocycles. The molecule has 2 heterocycles. The Morgan fingerprint density at radius 3 is 3.00 bits per heavy atom. The monoisotopic (exact) mass is 366 g/mol. The summed E-state index contributed by atoms with van der Waals surface area (Å²) in [6, 6.07) is 5.52. The van der Waals surface area contributed by atoms with Crippen LogP contribution in [-0.2, 0) is 11.2 Å². The Bertz CT molecular complexity index is 966. The van der Waals surface area contributed by atoms with Crippen LogP contribution < -0.4 is 10.6 Å². The average Bonchev–Trinajstić information content (AvgIpc) is 3.41. The van der Waals surface area contributed by atoms with Gasteiger partial charge in [0, 0.05) is 24.3 Å². The maximum atomic E-state index is 12.4. The standard InChI is InChI=1S/C19H22N6O2/c1-11-3-6-15-14(9-11)17(22-10-21-15)23-12(2)18(26)20-8-7-16-24-19(27-25-16)13-4-5-13/h3,6,9-10,12-13H,4-5,7-8H2,1-2H3,(H,20,26)(H,21,22,23)/t12-/m1/s1. The first-order valence-electron chi connectivity index (χ1n) is 9.18. The lowest BCUT2D eigenvalue weighted by Gasteiger charge is -2.15. The molecular weight excluding hydrogens is 344 g/mol. The van der Waals surface area contributed by atoms with Crippen LogP contribution in [0.3, 0.4) is 0 Å². The molecule has 0 aliphatic heterocycles. The molecule has 8 nitrogen and oxygen atoms in total. The van der Waals surface area contributed by atoms with Gasteiger partial charge >= 0.3 is 0 Å². The summed E-state index contributed by atoms with van der Waals surface area (Å²) in [7, 11) is 0. The van der Waals surface area contributed by atoms with Gasteiger partial charge in [-0.3, -0.25) is 4.79 Å². The van der Waals surface area contributed by atoms with Crippen LogP contribution >= 0.6 is 0 Å². The SMILES string of the molecule is Cc1ccc2ncnc(N[C@H](C)C(=O)NCCc3noc(C4CC4)n3)c2c1. The fourth-order valence-corrected chi connectivity index (χ4v) is 2.87. The maximum absolute atomic E-state index is 12.4. The van der Waals surface area contributed by atoms with Gasteiger partial charge in [-0.05, 0) is 38.8 Å². The molecular formula is C19H22N6O2. The number of hydrogen-bond donors (Lipinski definition) is 2. The Morgan fingerprint density at radius 1 is 1.33 bits per heavy atom. The van der Waals surface area contributed by atoms with E-state index in [0.717, 1.165) is 35.2 Å². The summed E-state index contributed by atoms with van der Waals surface area (Å²) in [4.78, 5) is 25.3. The molecule has 1 fully saturated rings. The zero-order chi connectivity index (χ0) is 18.8. The highest BCUT2D eigenvalue weighted by molar-refractivity contribution is 5.92. The van der Waals surface area contributed by atoms with Crippen molar-refractivity contribution in [3.8, 4) is 0 Å². The van der Waals surface area contributed by atoms with Gasteiger partial charge in [0.1, 0.15) is 18.2 Å². The highest BCUT2D eigenvalue weighted by Crippen LogP contribution is 2.38. The van der Waals surface area contributed by atoms with Crippen LogP contribution in [0.1, 0.15) is 43.0 Å². The van der Waals surface area contributed by atoms with Crippen LogP contribution in [0, 0.1) is 6.92 Å². The number of hydrogen-bond acceptors (Lipinski definition) is 7. The van der Waals surface area contributed by atoms with Crippen molar-refractivity contribution in [2.45, 2.75) is 45.1 Å². The van der Waals surface area contributed by atoms with Crippen molar-refractivity contribution < 1.29 is 9.32 Å². The van der Waals surface area contributed by atoms with Crippen LogP contribution in [0.5, 0.6) is 0 Å². The zero-order valence-corrected chi connectivity index (χ0v) is 15.4. The van der Waals surface area contributed by atoms with E-state index in [0.29, 0.717) is 30.5 Å². The first-order valence-corrected chi connectivity index (χ1v) is 9.18. The molecule has 4 rings (SSSR count). The van der Waals surface area contributed by atoms with Crippen molar-refractivity contribution in [2.75, 3.05) is 11.9 Å². The van der Waals surface area contributed by atoms with Gasteiger partial charge in [0.15, 0.2) is 5.82 Å². The number of fused-ring (bicyclic) bond motifs is 1. The zero-order valence-electron chi connectivity index (χ0n) is 15.4. The predicted octanol–water partition coefficient (Wildman–Crippen LogP) is 2.36. The molecule has 0 bridgehead atoms. The molecule has 3 aromatic rings. The smallest absolute Gasteiger partial charge is 0.242 e. The van der Waals surface area contributed by atoms with E-state index in [2.05, 4.69) is 30.7 Å². The van der Waals surface area contributed by atoms with Crippen molar-refractivity contribution in [1.29, 1.82) is 0 Å². The normalized spacial score (nSPS) is 14.9. The van der Waals surface area contributed by atoms with Gasteiger partial charge in [0.25, 0.3) is 0 Å². The molecule has 0 spiro atoms. The van der Waals surface area contributed by atoms with E-state index in [-0.39, 0.29) is 5.91 Å². The minimum atomic E-state index is -0.434. The highest BCUT2D eigenvalue weighted by atomic mass is 16.5. The summed E-state index contributed by atoms with van der Waals surface area (Å²) in [5.41, 5.74) is 1.96. The Kier molecular flexibility index (Phi) is 4.70. The van der Waals surface area contributed by atoms with Crippen molar-refractivity contribution in [3.63, 3.8) is 0 Å². The maximum Gasteiger partial charge on any atom is 0.242 e. The van der Waals surface area contributed by atoms with Crippen LogP contribution in [0.25, 0.3) is 10.9 Å². The second kappa shape index (κ2) is 7.30.